The number of hydrogen-bond donors (Lipinski definition) is 2. The summed E-state index contributed by atoms with van der Waals surface area (Å²) < 4.78 is 7.23. The Balaban J connectivity index is 2.17. The lowest BCUT2D eigenvalue weighted by molar-refractivity contribution is -0.148. The number of aromatic nitrogens is 2. The van der Waals surface area contributed by atoms with Gasteiger partial charge in [0, 0.05) is 7.05 Å². The first kappa shape index (κ1) is 18.5. The minimum atomic E-state index is -1.49. The standard InChI is InChI=1S/C18H23N3O4/c1-5-18(17(23)24,14-9-7-6-8-10-14)19-15(22)11-25-16-12(2)20-21(4)13(16)3/h6-10H,5,11H2,1-4H3,(H,19,22)(H,23,24). The van der Waals surface area contributed by atoms with E-state index < -0.39 is 17.4 Å². The lowest BCUT2D eigenvalue weighted by atomic mass is 9.87. The van der Waals surface area contributed by atoms with Crippen LogP contribution in [0.25, 0.3) is 0 Å². The van der Waals surface area contributed by atoms with E-state index >= 15 is 0 Å². The largest absolute Gasteiger partial charge is 0.480 e. The number of carboxylic acids is 1. The molecular weight excluding hydrogens is 322 g/mol. The van der Waals surface area contributed by atoms with Gasteiger partial charge in [0.15, 0.2) is 17.9 Å². The molecule has 0 bridgehead atoms. The van der Waals surface area contributed by atoms with E-state index in [0.717, 1.165) is 5.69 Å². The predicted octanol–water partition coefficient (Wildman–Crippen LogP) is 1.92. The fourth-order valence-electron chi connectivity index (χ4n) is 2.79. The lowest BCUT2D eigenvalue weighted by Gasteiger charge is -2.30. The third-order valence-corrected chi connectivity index (χ3v) is 4.31. The SMILES string of the molecule is CCC(NC(=O)COc1c(C)nn(C)c1C)(C(=O)O)c1ccccc1. The van der Waals surface area contributed by atoms with E-state index in [4.69, 9.17) is 4.74 Å². The molecule has 0 aliphatic heterocycles. The molecule has 0 saturated carbocycles. The van der Waals surface area contributed by atoms with Crippen molar-refractivity contribution < 1.29 is 19.4 Å². The van der Waals surface area contributed by atoms with Gasteiger partial charge in [-0.1, -0.05) is 37.3 Å². The minimum Gasteiger partial charge on any atom is -0.480 e. The molecule has 2 N–H and O–H groups in total. The summed E-state index contributed by atoms with van der Waals surface area (Å²) in [5.74, 6) is -1.08. The molecule has 1 aromatic heterocycles. The Morgan fingerprint density at radius 1 is 1.28 bits per heavy atom. The van der Waals surface area contributed by atoms with Crippen LogP contribution in [0.1, 0.15) is 30.3 Å². The predicted molar refractivity (Wildman–Crippen MR) is 92.4 cm³/mol. The molecule has 0 saturated heterocycles. The van der Waals surface area contributed by atoms with E-state index in [1.807, 2.05) is 6.92 Å². The zero-order valence-corrected chi connectivity index (χ0v) is 14.9. The van der Waals surface area contributed by atoms with Crippen molar-refractivity contribution >= 4 is 11.9 Å². The Bertz CT molecular complexity index is 770. The van der Waals surface area contributed by atoms with Gasteiger partial charge in [-0.15, -0.1) is 0 Å². The molecule has 1 atom stereocenters. The molecule has 1 unspecified atom stereocenters. The summed E-state index contributed by atoms with van der Waals surface area (Å²) in [6.07, 6.45) is 0.211. The van der Waals surface area contributed by atoms with Gasteiger partial charge in [-0.2, -0.15) is 5.10 Å². The number of aryl methyl sites for hydroxylation is 2. The molecule has 25 heavy (non-hydrogen) atoms. The maximum absolute atomic E-state index is 12.4. The van der Waals surface area contributed by atoms with Crippen molar-refractivity contribution in [2.45, 2.75) is 32.7 Å². The average Bonchev–Trinajstić information content (AvgIpc) is 2.83. The number of hydrogen-bond acceptors (Lipinski definition) is 4. The van der Waals surface area contributed by atoms with Crippen molar-refractivity contribution in [3.05, 3.63) is 47.3 Å². The maximum atomic E-state index is 12.4. The highest BCUT2D eigenvalue weighted by atomic mass is 16.5. The zero-order valence-electron chi connectivity index (χ0n) is 14.9. The van der Waals surface area contributed by atoms with Crippen LogP contribution in [0.15, 0.2) is 30.3 Å². The van der Waals surface area contributed by atoms with Crippen LogP contribution >= 0.6 is 0 Å². The first-order chi connectivity index (χ1) is 11.8. The second-order valence-corrected chi connectivity index (χ2v) is 5.89. The lowest BCUT2D eigenvalue weighted by Crippen LogP contribution is -2.52. The summed E-state index contributed by atoms with van der Waals surface area (Å²) in [5.41, 5.74) is 0.511. The summed E-state index contributed by atoms with van der Waals surface area (Å²) in [6.45, 7) is 5.06. The third kappa shape index (κ3) is 3.65. The quantitative estimate of drug-likeness (QED) is 0.800. The second-order valence-electron chi connectivity index (χ2n) is 5.89. The van der Waals surface area contributed by atoms with E-state index in [1.54, 1.807) is 55.9 Å². The van der Waals surface area contributed by atoms with Crippen LogP contribution in [0.2, 0.25) is 0 Å². The van der Waals surface area contributed by atoms with Gasteiger partial charge < -0.3 is 15.2 Å². The zero-order chi connectivity index (χ0) is 18.6. The van der Waals surface area contributed by atoms with Crippen LogP contribution in [-0.4, -0.2) is 33.4 Å². The van der Waals surface area contributed by atoms with Crippen molar-refractivity contribution in [1.82, 2.24) is 15.1 Å². The summed E-state index contributed by atoms with van der Waals surface area (Å²) in [6, 6.07) is 8.66. The highest BCUT2D eigenvalue weighted by Crippen LogP contribution is 2.26. The van der Waals surface area contributed by atoms with E-state index in [9.17, 15) is 14.7 Å². The molecule has 0 radical (unpaired) electrons. The number of nitrogens with zero attached hydrogens (tertiary/aromatic N) is 2. The molecular formula is C18H23N3O4. The Morgan fingerprint density at radius 2 is 1.92 bits per heavy atom. The molecule has 2 aromatic rings. The molecule has 7 nitrogen and oxygen atoms in total. The first-order valence-corrected chi connectivity index (χ1v) is 8.04. The Labute approximate surface area is 146 Å². The smallest absolute Gasteiger partial charge is 0.334 e. The van der Waals surface area contributed by atoms with Gasteiger partial charge in [-0.25, -0.2) is 4.79 Å². The number of rotatable bonds is 7. The number of benzene rings is 1. The van der Waals surface area contributed by atoms with E-state index in [2.05, 4.69) is 10.4 Å². The fraction of sp³-hybridized carbons (Fsp3) is 0.389. The first-order valence-electron chi connectivity index (χ1n) is 8.04. The van der Waals surface area contributed by atoms with Gasteiger partial charge >= 0.3 is 5.97 Å². The van der Waals surface area contributed by atoms with Gasteiger partial charge in [0.2, 0.25) is 0 Å². The molecule has 0 aliphatic rings. The summed E-state index contributed by atoms with van der Waals surface area (Å²) in [5, 5.41) is 16.6. The van der Waals surface area contributed by atoms with Crippen molar-refractivity contribution in [2.24, 2.45) is 7.05 Å². The number of aliphatic carboxylic acids is 1. The number of carbonyl (C=O) groups excluding carboxylic acids is 1. The molecule has 0 aliphatic carbocycles. The van der Waals surface area contributed by atoms with Crippen LogP contribution in [0.5, 0.6) is 5.75 Å². The van der Waals surface area contributed by atoms with Crippen LogP contribution in [0.4, 0.5) is 0 Å². The van der Waals surface area contributed by atoms with Crippen LogP contribution in [0, 0.1) is 13.8 Å². The van der Waals surface area contributed by atoms with Crippen molar-refractivity contribution in [3.8, 4) is 5.75 Å². The van der Waals surface area contributed by atoms with Gasteiger partial charge in [-0.05, 0) is 25.8 Å². The van der Waals surface area contributed by atoms with Gasteiger partial charge in [-0.3, -0.25) is 9.48 Å². The van der Waals surface area contributed by atoms with Gasteiger partial charge in [0.25, 0.3) is 5.91 Å². The topological polar surface area (TPSA) is 93.5 Å². The van der Waals surface area contributed by atoms with E-state index in [-0.39, 0.29) is 13.0 Å². The van der Waals surface area contributed by atoms with Crippen molar-refractivity contribution in [2.75, 3.05) is 6.61 Å². The molecule has 0 fully saturated rings. The monoisotopic (exact) mass is 345 g/mol. The van der Waals surface area contributed by atoms with E-state index in [1.165, 1.54) is 0 Å². The summed E-state index contributed by atoms with van der Waals surface area (Å²) >= 11 is 0. The molecule has 7 heteroatoms. The molecule has 1 aromatic carbocycles. The van der Waals surface area contributed by atoms with Crippen LogP contribution < -0.4 is 10.1 Å². The number of ether oxygens (including phenoxy) is 1. The molecule has 2 rings (SSSR count). The molecule has 0 spiro atoms. The number of carboxylic acid groups (broad SMARTS) is 1. The second kappa shape index (κ2) is 7.38. The van der Waals surface area contributed by atoms with Gasteiger partial charge in [0.1, 0.15) is 5.69 Å². The summed E-state index contributed by atoms with van der Waals surface area (Å²) in [4.78, 5) is 24.3. The van der Waals surface area contributed by atoms with E-state index in [0.29, 0.717) is 17.0 Å². The third-order valence-electron chi connectivity index (χ3n) is 4.31. The van der Waals surface area contributed by atoms with Crippen molar-refractivity contribution in [1.29, 1.82) is 0 Å². The number of nitrogens with one attached hydrogen (secondary N) is 1. The van der Waals surface area contributed by atoms with Gasteiger partial charge in [0.05, 0.1) is 5.69 Å². The number of carbonyl (C=O) groups is 2. The van der Waals surface area contributed by atoms with Crippen molar-refractivity contribution in [3.63, 3.8) is 0 Å². The van der Waals surface area contributed by atoms with Crippen LogP contribution in [-0.2, 0) is 22.2 Å². The van der Waals surface area contributed by atoms with Crippen LogP contribution in [0.3, 0.4) is 0 Å². The molecule has 134 valence electrons. The Hall–Kier alpha value is -2.83. The average molecular weight is 345 g/mol. The minimum absolute atomic E-state index is 0.211. The summed E-state index contributed by atoms with van der Waals surface area (Å²) in [7, 11) is 1.79. The Morgan fingerprint density at radius 3 is 2.40 bits per heavy atom. The fourth-order valence-corrected chi connectivity index (χ4v) is 2.79. The Kier molecular flexibility index (Phi) is 5.46. The molecule has 1 amide bonds. The number of amides is 1. The normalized spacial score (nSPS) is 13.1. The highest BCUT2D eigenvalue weighted by Gasteiger charge is 2.40. The molecule has 1 heterocycles. The highest BCUT2D eigenvalue weighted by molar-refractivity contribution is 5.88. The maximum Gasteiger partial charge on any atom is 0.334 e.